The van der Waals surface area contributed by atoms with E-state index < -0.39 is 0 Å². The van der Waals surface area contributed by atoms with Gasteiger partial charge >= 0.3 is 0 Å². The van der Waals surface area contributed by atoms with Crippen molar-refractivity contribution in [2.75, 3.05) is 18.2 Å². The van der Waals surface area contributed by atoms with E-state index in [1.54, 1.807) is 11.8 Å². The molecule has 0 aliphatic carbocycles. The van der Waals surface area contributed by atoms with Gasteiger partial charge in [-0.1, -0.05) is 36.0 Å². The van der Waals surface area contributed by atoms with Crippen molar-refractivity contribution in [2.45, 2.75) is 12.1 Å². The smallest absolute Gasteiger partial charge is 0.234 e. The van der Waals surface area contributed by atoms with Crippen LogP contribution >= 0.6 is 11.8 Å². The quantitative estimate of drug-likeness (QED) is 0.685. The Kier molecular flexibility index (Phi) is 5.30. The lowest BCUT2D eigenvalue weighted by molar-refractivity contribution is -0.113. The van der Waals surface area contributed by atoms with Crippen molar-refractivity contribution in [3.8, 4) is 11.4 Å². The molecule has 0 radical (unpaired) electrons. The summed E-state index contributed by atoms with van der Waals surface area (Å²) in [6.45, 7) is 1.98. The van der Waals surface area contributed by atoms with E-state index in [1.165, 1.54) is 11.8 Å². The second kappa shape index (κ2) is 7.80. The van der Waals surface area contributed by atoms with Gasteiger partial charge in [0.1, 0.15) is 11.4 Å². The van der Waals surface area contributed by atoms with Crippen LogP contribution in [-0.4, -0.2) is 39.0 Å². The molecule has 3 aromatic rings. The fraction of sp³-hybridized carbons (Fsp3) is 0.176. The Labute approximate surface area is 149 Å². The number of aryl methyl sites for hydroxylation is 1. The van der Waals surface area contributed by atoms with Crippen molar-refractivity contribution in [1.82, 2.24) is 20.2 Å². The highest BCUT2D eigenvalue weighted by atomic mass is 32.2. The molecule has 0 saturated carbocycles. The monoisotopic (exact) mass is 355 g/mol. The number of aromatic nitrogens is 4. The van der Waals surface area contributed by atoms with E-state index in [4.69, 9.17) is 4.74 Å². The Morgan fingerprint density at radius 2 is 2.04 bits per heavy atom. The van der Waals surface area contributed by atoms with E-state index in [1.807, 2.05) is 55.5 Å². The summed E-state index contributed by atoms with van der Waals surface area (Å²) in [6.07, 6.45) is 0. The van der Waals surface area contributed by atoms with E-state index in [0.717, 1.165) is 16.9 Å². The first-order chi connectivity index (χ1) is 12.2. The molecule has 1 aromatic heterocycles. The average molecular weight is 355 g/mol. The first-order valence-electron chi connectivity index (χ1n) is 7.58. The summed E-state index contributed by atoms with van der Waals surface area (Å²) in [5.41, 5.74) is 2.55. The summed E-state index contributed by atoms with van der Waals surface area (Å²) < 4.78 is 6.95. The van der Waals surface area contributed by atoms with Crippen LogP contribution in [0.15, 0.2) is 53.7 Å². The molecule has 0 spiro atoms. The Hall–Kier alpha value is -2.87. The summed E-state index contributed by atoms with van der Waals surface area (Å²) in [6, 6.07) is 15.1. The number of para-hydroxylation sites is 1. The third kappa shape index (κ3) is 4.16. The lowest BCUT2D eigenvalue weighted by Gasteiger charge is -2.10. The van der Waals surface area contributed by atoms with Crippen molar-refractivity contribution in [1.29, 1.82) is 0 Å². The van der Waals surface area contributed by atoms with Gasteiger partial charge in [-0.05, 0) is 47.2 Å². The maximum absolute atomic E-state index is 12.1. The molecule has 2 aromatic carbocycles. The van der Waals surface area contributed by atoms with E-state index in [0.29, 0.717) is 10.9 Å². The molecule has 25 heavy (non-hydrogen) atoms. The third-order valence-electron chi connectivity index (χ3n) is 3.39. The molecule has 3 rings (SSSR count). The Balaban J connectivity index is 1.72. The predicted molar refractivity (Wildman–Crippen MR) is 96.2 cm³/mol. The van der Waals surface area contributed by atoms with Gasteiger partial charge < -0.3 is 10.1 Å². The van der Waals surface area contributed by atoms with Crippen LogP contribution in [0.3, 0.4) is 0 Å². The van der Waals surface area contributed by atoms with Crippen LogP contribution in [0, 0.1) is 6.92 Å². The van der Waals surface area contributed by atoms with Gasteiger partial charge in [0.05, 0.1) is 12.9 Å². The Morgan fingerprint density at radius 1 is 1.24 bits per heavy atom. The summed E-state index contributed by atoms with van der Waals surface area (Å²) in [5, 5.41) is 15.1. The number of hydrogen-bond acceptors (Lipinski definition) is 6. The third-order valence-corrected chi connectivity index (χ3v) is 4.31. The zero-order valence-corrected chi connectivity index (χ0v) is 14.7. The highest BCUT2D eigenvalue weighted by molar-refractivity contribution is 7.99. The molecular weight excluding hydrogens is 338 g/mol. The zero-order valence-electron chi connectivity index (χ0n) is 13.8. The van der Waals surface area contributed by atoms with Gasteiger partial charge in [0.15, 0.2) is 0 Å². The first-order valence-corrected chi connectivity index (χ1v) is 8.57. The Morgan fingerprint density at radius 3 is 2.80 bits per heavy atom. The van der Waals surface area contributed by atoms with Gasteiger partial charge in [-0.15, -0.1) is 5.10 Å². The second-order valence-corrected chi connectivity index (χ2v) is 6.19. The molecule has 0 bridgehead atoms. The minimum atomic E-state index is -0.123. The van der Waals surface area contributed by atoms with Crippen molar-refractivity contribution in [3.05, 3.63) is 54.1 Å². The largest absolute Gasteiger partial charge is 0.494 e. The number of amides is 1. The van der Waals surface area contributed by atoms with Gasteiger partial charge in [0.2, 0.25) is 11.1 Å². The van der Waals surface area contributed by atoms with Crippen molar-refractivity contribution in [2.24, 2.45) is 0 Å². The number of anilines is 1. The number of ether oxygens (including phenoxy) is 1. The molecule has 0 aliphatic heterocycles. The van der Waals surface area contributed by atoms with Gasteiger partial charge in [-0.25, -0.2) is 0 Å². The number of rotatable bonds is 6. The fourth-order valence-corrected chi connectivity index (χ4v) is 2.92. The molecular formula is C17H17N5O2S. The average Bonchev–Trinajstić information content (AvgIpc) is 3.09. The minimum Gasteiger partial charge on any atom is -0.494 e. The number of nitrogens with one attached hydrogen (secondary N) is 1. The van der Waals surface area contributed by atoms with Gasteiger partial charge in [-0.2, -0.15) is 4.68 Å². The van der Waals surface area contributed by atoms with E-state index in [2.05, 4.69) is 20.8 Å². The van der Waals surface area contributed by atoms with Crippen LogP contribution in [0.25, 0.3) is 5.69 Å². The van der Waals surface area contributed by atoms with Crippen LogP contribution in [-0.2, 0) is 4.79 Å². The van der Waals surface area contributed by atoms with Crippen molar-refractivity contribution in [3.63, 3.8) is 0 Å². The molecule has 1 amide bonds. The molecule has 1 heterocycles. The minimum absolute atomic E-state index is 0.123. The van der Waals surface area contributed by atoms with E-state index in [-0.39, 0.29) is 11.7 Å². The van der Waals surface area contributed by atoms with E-state index in [9.17, 15) is 4.79 Å². The lowest BCUT2D eigenvalue weighted by atomic mass is 10.2. The molecule has 8 heteroatoms. The number of thioether (sulfide) groups is 1. The number of nitrogens with zero attached hydrogens (tertiary/aromatic N) is 4. The molecule has 7 nitrogen and oxygen atoms in total. The highest BCUT2D eigenvalue weighted by Crippen LogP contribution is 2.27. The van der Waals surface area contributed by atoms with Gasteiger partial charge in [-0.3, -0.25) is 4.79 Å². The van der Waals surface area contributed by atoms with Crippen LogP contribution in [0.1, 0.15) is 5.56 Å². The summed E-state index contributed by atoms with van der Waals surface area (Å²) in [4.78, 5) is 12.1. The molecule has 0 aliphatic rings. The normalized spacial score (nSPS) is 10.5. The number of hydrogen-bond donors (Lipinski definition) is 1. The number of carbonyl (C=O) groups is 1. The molecule has 0 atom stereocenters. The topological polar surface area (TPSA) is 81.9 Å². The summed E-state index contributed by atoms with van der Waals surface area (Å²) in [5.74, 6) is 0.735. The number of benzene rings is 2. The number of tetrazole rings is 1. The summed E-state index contributed by atoms with van der Waals surface area (Å²) >= 11 is 1.26. The number of carbonyl (C=O) groups excluding carboxylic acids is 1. The maximum Gasteiger partial charge on any atom is 0.234 e. The summed E-state index contributed by atoms with van der Waals surface area (Å²) in [7, 11) is 1.60. The van der Waals surface area contributed by atoms with Gasteiger partial charge in [0.25, 0.3) is 0 Å². The molecule has 0 saturated heterocycles. The number of methoxy groups -OCH3 is 1. The van der Waals surface area contributed by atoms with Crippen LogP contribution in [0.4, 0.5) is 5.69 Å². The van der Waals surface area contributed by atoms with Gasteiger partial charge in [0, 0.05) is 5.69 Å². The standard InChI is InChI=1S/C17H17N5O2S/c1-12-8-9-15(24-2)14(10-12)22-17(19-20-21-22)25-11-16(23)18-13-6-4-3-5-7-13/h3-10H,11H2,1-2H3,(H,18,23). The van der Waals surface area contributed by atoms with Crippen LogP contribution in [0.2, 0.25) is 0 Å². The maximum atomic E-state index is 12.1. The first kappa shape index (κ1) is 17.0. The molecule has 128 valence electrons. The zero-order chi connectivity index (χ0) is 17.6. The van der Waals surface area contributed by atoms with E-state index >= 15 is 0 Å². The van der Waals surface area contributed by atoms with Crippen molar-refractivity contribution >= 4 is 23.4 Å². The second-order valence-electron chi connectivity index (χ2n) is 5.25. The highest BCUT2D eigenvalue weighted by Gasteiger charge is 2.15. The fourth-order valence-electron chi connectivity index (χ4n) is 2.23. The molecule has 0 unspecified atom stereocenters. The SMILES string of the molecule is COc1ccc(C)cc1-n1nnnc1SCC(=O)Nc1ccccc1. The molecule has 1 N–H and O–H groups in total. The lowest BCUT2D eigenvalue weighted by Crippen LogP contribution is -2.14. The molecule has 0 fully saturated rings. The Bertz CT molecular complexity index is 866. The predicted octanol–water partition coefficient (Wildman–Crippen LogP) is 2.71. The van der Waals surface area contributed by atoms with Crippen LogP contribution < -0.4 is 10.1 Å². The van der Waals surface area contributed by atoms with Crippen molar-refractivity contribution < 1.29 is 9.53 Å². The van der Waals surface area contributed by atoms with Crippen LogP contribution in [0.5, 0.6) is 5.75 Å².